The first kappa shape index (κ1) is 13.9. The number of hydrogen-bond acceptors (Lipinski definition) is 3. The second-order valence-electron chi connectivity index (χ2n) is 4.84. The fourth-order valence-electron chi connectivity index (χ4n) is 2.39. The normalized spacial score (nSPS) is 10.4. The molecule has 0 unspecified atom stereocenters. The van der Waals surface area contributed by atoms with E-state index < -0.39 is 0 Å². The van der Waals surface area contributed by atoms with Gasteiger partial charge in [-0.2, -0.15) is 0 Å². The molecule has 0 saturated carbocycles. The molecule has 0 atom stereocenters. The third-order valence-corrected chi connectivity index (χ3v) is 3.50. The maximum Gasteiger partial charge on any atom is 0.259 e. The molecule has 22 heavy (non-hydrogen) atoms. The van der Waals surface area contributed by atoms with Crippen molar-refractivity contribution in [1.29, 1.82) is 0 Å². The summed E-state index contributed by atoms with van der Waals surface area (Å²) in [6, 6.07) is 18.3. The molecule has 0 aliphatic rings. The first-order chi connectivity index (χ1) is 10.7. The Balaban J connectivity index is 1.97. The van der Waals surface area contributed by atoms with Crippen LogP contribution < -0.4 is 10.1 Å². The van der Waals surface area contributed by atoms with E-state index in [9.17, 15) is 9.90 Å². The van der Waals surface area contributed by atoms with E-state index in [0.29, 0.717) is 5.69 Å². The number of carbonyl (C=O) groups excluding carboxylic acids is 1. The lowest BCUT2D eigenvalue weighted by molar-refractivity contribution is 0.102. The summed E-state index contributed by atoms with van der Waals surface area (Å²) in [5.74, 6) is -0.277. The second-order valence-corrected chi connectivity index (χ2v) is 4.84. The molecular formula is C18H15NO3. The van der Waals surface area contributed by atoms with Gasteiger partial charge in [-0.05, 0) is 23.6 Å². The highest BCUT2D eigenvalue weighted by Crippen LogP contribution is 2.30. The third kappa shape index (κ3) is 2.46. The molecule has 0 aliphatic heterocycles. The summed E-state index contributed by atoms with van der Waals surface area (Å²) in [5.41, 5.74) is 0.873. The van der Waals surface area contributed by atoms with Gasteiger partial charge in [-0.1, -0.05) is 42.5 Å². The standard InChI is InChI=1S/C18H15NO3/c1-22-16-11-5-9-14(17(16)20)18(21)19-15-10-4-7-12-6-2-3-8-13(12)15/h2-11,20H,1H3,(H,19,21). The Labute approximate surface area is 128 Å². The molecule has 0 spiro atoms. The summed E-state index contributed by atoms with van der Waals surface area (Å²) in [6.07, 6.45) is 0. The van der Waals surface area contributed by atoms with Gasteiger partial charge in [0.15, 0.2) is 11.5 Å². The Kier molecular flexibility index (Phi) is 3.66. The quantitative estimate of drug-likeness (QED) is 0.772. The van der Waals surface area contributed by atoms with Gasteiger partial charge in [-0.25, -0.2) is 0 Å². The van der Waals surface area contributed by atoms with Gasteiger partial charge in [0, 0.05) is 11.1 Å². The summed E-state index contributed by atoms with van der Waals surface area (Å²) in [4.78, 5) is 12.4. The molecule has 0 aromatic heterocycles. The average Bonchev–Trinajstić information content (AvgIpc) is 2.55. The lowest BCUT2D eigenvalue weighted by Gasteiger charge is -2.11. The number of aromatic hydroxyl groups is 1. The summed E-state index contributed by atoms with van der Waals surface area (Å²) < 4.78 is 5.03. The Morgan fingerprint density at radius 1 is 1.00 bits per heavy atom. The third-order valence-electron chi connectivity index (χ3n) is 3.50. The van der Waals surface area contributed by atoms with Crippen molar-refractivity contribution in [2.24, 2.45) is 0 Å². The number of amides is 1. The highest BCUT2D eigenvalue weighted by molar-refractivity contribution is 6.10. The predicted molar refractivity (Wildman–Crippen MR) is 86.6 cm³/mol. The molecule has 4 nitrogen and oxygen atoms in total. The highest BCUT2D eigenvalue weighted by atomic mass is 16.5. The number of phenolic OH excluding ortho intramolecular Hbond substituents is 1. The van der Waals surface area contributed by atoms with Crippen molar-refractivity contribution in [3.63, 3.8) is 0 Å². The Morgan fingerprint density at radius 3 is 2.55 bits per heavy atom. The van der Waals surface area contributed by atoms with Crippen LogP contribution in [0.1, 0.15) is 10.4 Å². The molecule has 3 rings (SSSR count). The van der Waals surface area contributed by atoms with E-state index in [1.54, 1.807) is 18.2 Å². The molecule has 2 N–H and O–H groups in total. The molecule has 0 radical (unpaired) electrons. The maximum absolute atomic E-state index is 12.4. The zero-order valence-electron chi connectivity index (χ0n) is 12.0. The summed E-state index contributed by atoms with van der Waals surface area (Å²) in [5, 5.41) is 14.9. The number of phenols is 1. The maximum atomic E-state index is 12.4. The largest absolute Gasteiger partial charge is 0.504 e. The second kappa shape index (κ2) is 5.77. The van der Waals surface area contributed by atoms with Gasteiger partial charge < -0.3 is 15.2 Å². The van der Waals surface area contributed by atoms with Crippen LogP contribution in [0.25, 0.3) is 10.8 Å². The van der Waals surface area contributed by atoms with Crippen LogP contribution in [0.15, 0.2) is 60.7 Å². The Bertz CT molecular complexity index is 837. The zero-order valence-corrected chi connectivity index (χ0v) is 12.0. The van der Waals surface area contributed by atoms with Crippen molar-refractivity contribution in [2.45, 2.75) is 0 Å². The molecule has 0 fully saturated rings. The predicted octanol–water partition coefficient (Wildman–Crippen LogP) is 3.81. The van der Waals surface area contributed by atoms with Crippen LogP contribution in [0.3, 0.4) is 0 Å². The fourth-order valence-corrected chi connectivity index (χ4v) is 2.39. The number of benzene rings is 3. The van der Waals surface area contributed by atoms with Crippen molar-refractivity contribution in [1.82, 2.24) is 0 Å². The lowest BCUT2D eigenvalue weighted by Crippen LogP contribution is -2.12. The van der Waals surface area contributed by atoms with E-state index in [2.05, 4.69) is 5.32 Å². The lowest BCUT2D eigenvalue weighted by atomic mass is 10.1. The van der Waals surface area contributed by atoms with Crippen molar-refractivity contribution in [3.8, 4) is 11.5 Å². The molecule has 0 aliphatic carbocycles. The Morgan fingerprint density at radius 2 is 1.73 bits per heavy atom. The number of fused-ring (bicyclic) bond motifs is 1. The number of hydrogen-bond donors (Lipinski definition) is 2. The highest BCUT2D eigenvalue weighted by Gasteiger charge is 2.15. The van der Waals surface area contributed by atoms with Gasteiger partial charge in [-0.15, -0.1) is 0 Å². The van der Waals surface area contributed by atoms with Crippen LogP contribution in [-0.4, -0.2) is 18.1 Å². The van der Waals surface area contributed by atoms with Crippen LogP contribution in [0.5, 0.6) is 11.5 Å². The molecular weight excluding hydrogens is 278 g/mol. The topological polar surface area (TPSA) is 58.6 Å². The van der Waals surface area contributed by atoms with Gasteiger partial charge in [-0.3, -0.25) is 4.79 Å². The number of nitrogens with one attached hydrogen (secondary N) is 1. The monoisotopic (exact) mass is 293 g/mol. The Hall–Kier alpha value is -3.01. The summed E-state index contributed by atoms with van der Waals surface area (Å²) in [6.45, 7) is 0. The minimum absolute atomic E-state index is 0.164. The van der Waals surface area contributed by atoms with E-state index in [1.165, 1.54) is 7.11 Å². The number of anilines is 1. The summed E-state index contributed by atoms with van der Waals surface area (Å²) >= 11 is 0. The van der Waals surface area contributed by atoms with Crippen LogP contribution >= 0.6 is 0 Å². The van der Waals surface area contributed by atoms with Crippen molar-refractivity contribution in [2.75, 3.05) is 12.4 Å². The molecule has 110 valence electrons. The first-order valence-electron chi connectivity index (χ1n) is 6.86. The summed E-state index contributed by atoms with van der Waals surface area (Å²) in [7, 11) is 1.45. The first-order valence-corrected chi connectivity index (χ1v) is 6.86. The van der Waals surface area contributed by atoms with Crippen molar-refractivity contribution in [3.05, 3.63) is 66.2 Å². The van der Waals surface area contributed by atoms with Gasteiger partial charge >= 0.3 is 0 Å². The molecule has 3 aromatic rings. The molecule has 0 bridgehead atoms. The van der Waals surface area contributed by atoms with Crippen LogP contribution in [-0.2, 0) is 0 Å². The molecule has 3 aromatic carbocycles. The van der Waals surface area contributed by atoms with Crippen LogP contribution in [0.4, 0.5) is 5.69 Å². The minimum atomic E-state index is -0.382. The van der Waals surface area contributed by atoms with Gasteiger partial charge in [0.25, 0.3) is 5.91 Å². The molecule has 4 heteroatoms. The van der Waals surface area contributed by atoms with E-state index >= 15 is 0 Å². The number of rotatable bonds is 3. The molecule has 1 amide bonds. The smallest absolute Gasteiger partial charge is 0.259 e. The number of carbonyl (C=O) groups is 1. The van der Waals surface area contributed by atoms with E-state index in [-0.39, 0.29) is 23.0 Å². The van der Waals surface area contributed by atoms with Gasteiger partial charge in [0.1, 0.15) is 0 Å². The van der Waals surface area contributed by atoms with E-state index in [0.717, 1.165) is 10.8 Å². The number of ether oxygens (including phenoxy) is 1. The number of methoxy groups -OCH3 is 1. The number of para-hydroxylation sites is 1. The minimum Gasteiger partial charge on any atom is -0.504 e. The molecule has 0 saturated heterocycles. The van der Waals surface area contributed by atoms with Crippen LogP contribution in [0, 0.1) is 0 Å². The fraction of sp³-hybridized carbons (Fsp3) is 0.0556. The van der Waals surface area contributed by atoms with E-state index in [4.69, 9.17) is 4.74 Å². The SMILES string of the molecule is COc1cccc(C(=O)Nc2cccc3ccccc23)c1O. The van der Waals surface area contributed by atoms with Gasteiger partial charge in [0.05, 0.1) is 12.7 Å². The van der Waals surface area contributed by atoms with Gasteiger partial charge in [0.2, 0.25) is 0 Å². The van der Waals surface area contributed by atoms with E-state index in [1.807, 2.05) is 42.5 Å². The van der Waals surface area contributed by atoms with Crippen molar-refractivity contribution >= 4 is 22.4 Å². The molecule has 0 heterocycles. The average molecular weight is 293 g/mol. The van der Waals surface area contributed by atoms with Crippen molar-refractivity contribution < 1.29 is 14.6 Å². The zero-order chi connectivity index (χ0) is 15.5. The van der Waals surface area contributed by atoms with Crippen LogP contribution in [0.2, 0.25) is 0 Å².